The number of aliphatic hydroxyl groups is 1. The molecule has 0 aliphatic rings. The molecule has 0 bridgehead atoms. The Kier molecular flexibility index (Phi) is 3.88. The van der Waals surface area contributed by atoms with Gasteiger partial charge in [-0.3, -0.25) is 4.68 Å². The topological polar surface area (TPSA) is 50.9 Å². The summed E-state index contributed by atoms with van der Waals surface area (Å²) in [5.41, 5.74) is 1.97. The molecule has 4 heteroatoms. The zero-order valence-corrected chi connectivity index (χ0v) is 9.95. The maximum Gasteiger partial charge on any atom is 0.108 e. The summed E-state index contributed by atoms with van der Waals surface area (Å²) in [6.45, 7) is 2.98. The first-order chi connectivity index (χ1) is 8.29. The van der Waals surface area contributed by atoms with Gasteiger partial charge in [-0.1, -0.05) is 42.5 Å². The van der Waals surface area contributed by atoms with E-state index in [9.17, 15) is 0 Å². The lowest BCUT2D eigenvalue weighted by atomic mass is 9.98. The summed E-state index contributed by atoms with van der Waals surface area (Å²) >= 11 is 0. The molecule has 0 aliphatic carbocycles. The fraction of sp³-hybridized carbons (Fsp3) is 0.385. The summed E-state index contributed by atoms with van der Waals surface area (Å²) in [6, 6.07) is 10.4. The van der Waals surface area contributed by atoms with E-state index in [0.717, 1.165) is 13.0 Å². The van der Waals surface area contributed by atoms with Gasteiger partial charge in [0.15, 0.2) is 0 Å². The van der Waals surface area contributed by atoms with Crippen molar-refractivity contribution in [2.75, 3.05) is 0 Å². The van der Waals surface area contributed by atoms with Crippen LogP contribution < -0.4 is 0 Å². The molecule has 2 aromatic rings. The summed E-state index contributed by atoms with van der Waals surface area (Å²) in [6.07, 6.45) is 2.80. The van der Waals surface area contributed by atoms with Crippen LogP contribution in [0.3, 0.4) is 0 Å². The van der Waals surface area contributed by atoms with Gasteiger partial charge in [-0.25, -0.2) is 0 Å². The number of rotatable bonds is 5. The van der Waals surface area contributed by atoms with Crippen molar-refractivity contribution in [3.8, 4) is 0 Å². The zero-order valence-electron chi connectivity index (χ0n) is 9.95. The largest absolute Gasteiger partial charge is 0.390 e. The molecule has 2 rings (SSSR count). The fourth-order valence-electron chi connectivity index (χ4n) is 1.79. The first kappa shape index (κ1) is 11.8. The zero-order chi connectivity index (χ0) is 12.1. The maximum absolute atomic E-state index is 8.89. The number of benzene rings is 1. The van der Waals surface area contributed by atoms with Gasteiger partial charge in [0.05, 0.1) is 12.8 Å². The van der Waals surface area contributed by atoms with Gasteiger partial charge in [0.1, 0.15) is 5.69 Å². The summed E-state index contributed by atoms with van der Waals surface area (Å²) in [7, 11) is 0. The highest BCUT2D eigenvalue weighted by Gasteiger charge is 2.06. The molecule has 1 aromatic carbocycles. The van der Waals surface area contributed by atoms with E-state index in [2.05, 4.69) is 41.5 Å². The van der Waals surface area contributed by atoms with E-state index in [1.165, 1.54) is 5.56 Å². The van der Waals surface area contributed by atoms with Crippen molar-refractivity contribution >= 4 is 0 Å². The van der Waals surface area contributed by atoms with Gasteiger partial charge in [0, 0.05) is 6.54 Å². The molecule has 0 spiro atoms. The Morgan fingerprint density at radius 3 is 2.71 bits per heavy atom. The van der Waals surface area contributed by atoms with Gasteiger partial charge in [0.2, 0.25) is 0 Å². The number of aliphatic hydroxyl groups excluding tert-OH is 1. The molecule has 0 unspecified atom stereocenters. The van der Waals surface area contributed by atoms with Crippen LogP contribution in [0, 0.1) is 0 Å². The summed E-state index contributed by atoms with van der Waals surface area (Å²) in [4.78, 5) is 0. The Balaban J connectivity index is 1.90. The van der Waals surface area contributed by atoms with Crippen molar-refractivity contribution in [1.29, 1.82) is 0 Å². The number of aryl methyl sites for hydroxylation is 1. The monoisotopic (exact) mass is 231 g/mol. The third-order valence-corrected chi connectivity index (χ3v) is 2.91. The second-order valence-corrected chi connectivity index (χ2v) is 4.23. The van der Waals surface area contributed by atoms with Crippen LogP contribution in [0.4, 0.5) is 0 Å². The summed E-state index contributed by atoms with van der Waals surface area (Å²) in [5.74, 6) is 0.498. The van der Waals surface area contributed by atoms with Gasteiger partial charge in [-0.05, 0) is 17.9 Å². The molecule has 0 saturated carbocycles. The number of hydrogen-bond donors (Lipinski definition) is 1. The Hall–Kier alpha value is -1.68. The SMILES string of the molecule is C[C@@H](CCn1cc(CO)nn1)c1ccccc1. The lowest BCUT2D eigenvalue weighted by molar-refractivity contribution is 0.276. The van der Waals surface area contributed by atoms with Crippen LogP contribution in [0.5, 0.6) is 0 Å². The van der Waals surface area contributed by atoms with E-state index < -0.39 is 0 Å². The lowest BCUT2D eigenvalue weighted by Gasteiger charge is -2.11. The molecule has 90 valence electrons. The van der Waals surface area contributed by atoms with E-state index in [-0.39, 0.29) is 6.61 Å². The third-order valence-electron chi connectivity index (χ3n) is 2.91. The van der Waals surface area contributed by atoms with Crippen LogP contribution >= 0.6 is 0 Å². The third kappa shape index (κ3) is 3.14. The van der Waals surface area contributed by atoms with Crippen molar-refractivity contribution in [2.24, 2.45) is 0 Å². The lowest BCUT2D eigenvalue weighted by Crippen LogP contribution is -2.03. The first-order valence-electron chi connectivity index (χ1n) is 5.84. The molecule has 0 aliphatic heterocycles. The van der Waals surface area contributed by atoms with E-state index in [1.54, 1.807) is 10.9 Å². The second kappa shape index (κ2) is 5.59. The highest BCUT2D eigenvalue weighted by atomic mass is 16.3. The molecule has 0 radical (unpaired) electrons. The molecular weight excluding hydrogens is 214 g/mol. The van der Waals surface area contributed by atoms with Crippen LogP contribution in [0.2, 0.25) is 0 Å². The Labute approximate surface area is 101 Å². The van der Waals surface area contributed by atoms with E-state index in [4.69, 9.17) is 5.11 Å². The van der Waals surface area contributed by atoms with Crippen molar-refractivity contribution < 1.29 is 5.11 Å². The van der Waals surface area contributed by atoms with Gasteiger partial charge in [-0.15, -0.1) is 5.10 Å². The predicted molar refractivity (Wildman–Crippen MR) is 65.4 cm³/mol. The van der Waals surface area contributed by atoms with E-state index in [1.807, 2.05) is 6.07 Å². The minimum absolute atomic E-state index is 0.0474. The minimum Gasteiger partial charge on any atom is -0.390 e. The highest BCUT2D eigenvalue weighted by molar-refractivity contribution is 5.18. The second-order valence-electron chi connectivity index (χ2n) is 4.23. The highest BCUT2D eigenvalue weighted by Crippen LogP contribution is 2.18. The molecule has 1 atom stereocenters. The number of hydrogen-bond acceptors (Lipinski definition) is 3. The Morgan fingerprint density at radius 1 is 1.29 bits per heavy atom. The van der Waals surface area contributed by atoms with Crippen LogP contribution in [-0.2, 0) is 13.2 Å². The molecule has 0 saturated heterocycles. The van der Waals surface area contributed by atoms with Gasteiger partial charge in [0.25, 0.3) is 0 Å². The van der Waals surface area contributed by atoms with Gasteiger partial charge < -0.3 is 5.11 Å². The molecule has 4 nitrogen and oxygen atoms in total. The Morgan fingerprint density at radius 2 is 2.06 bits per heavy atom. The smallest absolute Gasteiger partial charge is 0.108 e. The van der Waals surface area contributed by atoms with Crippen molar-refractivity contribution in [1.82, 2.24) is 15.0 Å². The van der Waals surface area contributed by atoms with Crippen LogP contribution in [0.25, 0.3) is 0 Å². The predicted octanol–water partition coefficient (Wildman–Crippen LogP) is 1.96. The van der Waals surface area contributed by atoms with E-state index >= 15 is 0 Å². The number of nitrogens with zero attached hydrogens (tertiary/aromatic N) is 3. The minimum atomic E-state index is -0.0474. The average molecular weight is 231 g/mol. The number of aromatic nitrogens is 3. The van der Waals surface area contributed by atoms with E-state index in [0.29, 0.717) is 11.6 Å². The quantitative estimate of drug-likeness (QED) is 0.855. The van der Waals surface area contributed by atoms with Crippen LogP contribution in [0.1, 0.15) is 30.5 Å². The van der Waals surface area contributed by atoms with Crippen molar-refractivity contribution in [3.63, 3.8) is 0 Å². The van der Waals surface area contributed by atoms with Crippen LogP contribution in [-0.4, -0.2) is 20.1 Å². The van der Waals surface area contributed by atoms with Crippen molar-refractivity contribution in [3.05, 3.63) is 47.8 Å². The molecule has 1 heterocycles. The summed E-state index contributed by atoms with van der Waals surface area (Å²) in [5, 5.41) is 16.7. The molecule has 0 amide bonds. The maximum atomic E-state index is 8.89. The normalized spacial score (nSPS) is 12.6. The first-order valence-corrected chi connectivity index (χ1v) is 5.84. The standard InChI is InChI=1S/C13H17N3O/c1-11(12-5-3-2-4-6-12)7-8-16-9-13(10-17)14-15-16/h2-6,9,11,17H,7-8,10H2,1H3/t11-/m0/s1. The fourth-order valence-corrected chi connectivity index (χ4v) is 1.79. The van der Waals surface area contributed by atoms with Gasteiger partial charge >= 0.3 is 0 Å². The summed E-state index contributed by atoms with van der Waals surface area (Å²) < 4.78 is 1.78. The molecule has 1 aromatic heterocycles. The molecule has 0 fully saturated rings. The Bertz CT molecular complexity index is 453. The molecular formula is C13H17N3O. The van der Waals surface area contributed by atoms with Crippen molar-refractivity contribution in [2.45, 2.75) is 32.4 Å². The van der Waals surface area contributed by atoms with Gasteiger partial charge in [-0.2, -0.15) is 0 Å². The molecule has 17 heavy (non-hydrogen) atoms. The average Bonchev–Trinajstić information content (AvgIpc) is 2.85. The van der Waals surface area contributed by atoms with Crippen LogP contribution in [0.15, 0.2) is 36.5 Å². The molecule has 1 N–H and O–H groups in total.